The van der Waals surface area contributed by atoms with Crippen molar-refractivity contribution in [2.24, 2.45) is 0 Å². The lowest BCUT2D eigenvalue weighted by Gasteiger charge is -2.23. The van der Waals surface area contributed by atoms with Crippen molar-refractivity contribution < 1.29 is 4.79 Å². The van der Waals surface area contributed by atoms with Crippen LogP contribution in [0.3, 0.4) is 0 Å². The van der Waals surface area contributed by atoms with Crippen LogP contribution >= 0.6 is 11.6 Å². The summed E-state index contributed by atoms with van der Waals surface area (Å²) < 4.78 is 0. The number of aromatic nitrogens is 1. The topological polar surface area (TPSA) is 33.2 Å². The Bertz CT molecular complexity index is 621. The van der Waals surface area contributed by atoms with Crippen molar-refractivity contribution in [3.8, 4) is 0 Å². The first-order chi connectivity index (χ1) is 10.7. The average molecular weight is 315 g/mol. The van der Waals surface area contributed by atoms with E-state index in [1.165, 1.54) is 0 Å². The summed E-state index contributed by atoms with van der Waals surface area (Å²) in [7, 11) is 0. The molecule has 2 heterocycles. The van der Waals surface area contributed by atoms with Gasteiger partial charge < -0.3 is 4.90 Å². The van der Waals surface area contributed by atoms with Crippen LogP contribution in [-0.4, -0.2) is 28.9 Å². The zero-order valence-corrected chi connectivity index (χ0v) is 13.2. The van der Waals surface area contributed by atoms with Gasteiger partial charge in [-0.15, -0.1) is 0 Å². The van der Waals surface area contributed by atoms with E-state index in [9.17, 15) is 4.79 Å². The SMILES string of the molecule is O=C(C(Cc1cccnc1)c1ccc(Cl)cc1)N1CCCC1. The first kappa shape index (κ1) is 15.0. The minimum atomic E-state index is -0.167. The first-order valence-corrected chi connectivity index (χ1v) is 8.05. The predicted molar refractivity (Wildman–Crippen MR) is 87.9 cm³/mol. The molecular formula is C18H19ClN2O. The molecule has 0 N–H and O–H groups in total. The van der Waals surface area contributed by atoms with Crippen molar-refractivity contribution in [3.63, 3.8) is 0 Å². The van der Waals surface area contributed by atoms with Gasteiger partial charge in [0.05, 0.1) is 5.92 Å². The molecule has 1 saturated heterocycles. The smallest absolute Gasteiger partial charge is 0.230 e. The number of halogens is 1. The highest BCUT2D eigenvalue weighted by Gasteiger charge is 2.28. The minimum absolute atomic E-state index is 0.167. The van der Waals surface area contributed by atoms with E-state index in [0.717, 1.165) is 37.1 Å². The quantitative estimate of drug-likeness (QED) is 0.862. The van der Waals surface area contributed by atoms with Gasteiger partial charge in [-0.05, 0) is 48.6 Å². The Balaban J connectivity index is 1.87. The van der Waals surface area contributed by atoms with Crippen LogP contribution in [0.2, 0.25) is 5.02 Å². The fraction of sp³-hybridized carbons (Fsp3) is 0.333. The molecule has 3 rings (SSSR count). The summed E-state index contributed by atoms with van der Waals surface area (Å²) in [6, 6.07) is 11.5. The van der Waals surface area contributed by atoms with Gasteiger partial charge in [0.1, 0.15) is 0 Å². The second-order valence-electron chi connectivity index (χ2n) is 5.70. The van der Waals surface area contributed by atoms with E-state index >= 15 is 0 Å². The van der Waals surface area contributed by atoms with Gasteiger partial charge in [-0.1, -0.05) is 29.8 Å². The third-order valence-corrected chi connectivity index (χ3v) is 4.40. The lowest BCUT2D eigenvalue weighted by molar-refractivity contribution is -0.131. The van der Waals surface area contributed by atoms with Gasteiger partial charge in [-0.2, -0.15) is 0 Å². The second kappa shape index (κ2) is 6.93. The number of likely N-dealkylation sites (tertiary alicyclic amines) is 1. The summed E-state index contributed by atoms with van der Waals surface area (Å²) in [5.74, 6) is 0.0447. The molecule has 1 fully saturated rings. The molecule has 0 radical (unpaired) electrons. The number of hydrogen-bond donors (Lipinski definition) is 0. The Morgan fingerprint density at radius 1 is 1.18 bits per heavy atom. The van der Waals surface area contributed by atoms with E-state index in [1.54, 1.807) is 6.20 Å². The molecule has 2 aromatic rings. The van der Waals surface area contributed by atoms with Crippen molar-refractivity contribution >= 4 is 17.5 Å². The van der Waals surface area contributed by atoms with Crippen molar-refractivity contribution in [1.82, 2.24) is 9.88 Å². The highest BCUT2D eigenvalue weighted by molar-refractivity contribution is 6.30. The number of nitrogens with zero attached hydrogens (tertiary/aromatic N) is 2. The molecule has 1 aliphatic heterocycles. The van der Waals surface area contributed by atoms with E-state index in [0.29, 0.717) is 11.4 Å². The number of amides is 1. The molecule has 1 aliphatic rings. The molecule has 0 saturated carbocycles. The van der Waals surface area contributed by atoms with Crippen LogP contribution in [0.5, 0.6) is 0 Å². The summed E-state index contributed by atoms with van der Waals surface area (Å²) in [5, 5.41) is 0.692. The largest absolute Gasteiger partial charge is 0.342 e. The number of rotatable bonds is 4. The number of carbonyl (C=O) groups excluding carboxylic acids is 1. The standard InChI is InChI=1S/C18H19ClN2O/c19-16-7-5-15(6-8-16)17(12-14-4-3-9-20-13-14)18(22)21-10-1-2-11-21/h3-9,13,17H,1-2,10-12H2. The van der Waals surface area contributed by atoms with Gasteiger partial charge in [0.25, 0.3) is 0 Å². The van der Waals surface area contributed by atoms with Crippen molar-refractivity contribution in [1.29, 1.82) is 0 Å². The average Bonchev–Trinajstić information content (AvgIpc) is 3.08. The summed E-state index contributed by atoms with van der Waals surface area (Å²) in [4.78, 5) is 19.0. The number of hydrogen-bond acceptors (Lipinski definition) is 2. The van der Waals surface area contributed by atoms with Gasteiger partial charge in [-0.25, -0.2) is 0 Å². The molecule has 0 spiro atoms. The normalized spacial score (nSPS) is 15.8. The maximum Gasteiger partial charge on any atom is 0.230 e. The number of benzene rings is 1. The van der Waals surface area contributed by atoms with Crippen molar-refractivity contribution in [3.05, 3.63) is 64.9 Å². The second-order valence-corrected chi connectivity index (χ2v) is 6.14. The maximum absolute atomic E-state index is 12.9. The molecule has 0 bridgehead atoms. The molecular weight excluding hydrogens is 296 g/mol. The first-order valence-electron chi connectivity index (χ1n) is 7.67. The van der Waals surface area contributed by atoms with Crippen LogP contribution in [0.25, 0.3) is 0 Å². The molecule has 1 amide bonds. The number of carbonyl (C=O) groups is 1. The van der Waals surface area contributed by atoms with E-state index in [4.69, 9.17) is 11.6 Å². The lowest BCUT2D eigenvalue weighted by Crippen LogP contribution is -2.33. The fourth-order valence-corrected chi connectivity index (χ4v) is 3.08. The molecule has 1 unspecified atom stereocenters. The fourth-order valence-electron chi connectivity index (χ4n) is 2.96. The van der Waals surface area contributed by atoms with Crippen LogP contribution < -0.4 is 0 Å². The van der Waals surface area contributed by atoms with Crippen molar-refractivity contribution in [2.45, 2.75) is 25.2 Å². The molecule has 4 heteroatoms. The highest BCUT2D eigenvalue weighted by atomic mass is 35.5. The molecule has 114 valence electrons. The Kier molecular flexibility index (Phi) is 4.74. The van der Waals surface area contributed by atoms with Gasteiger partial charge in [0.15, 0.2) is 0 Å². The molecule has 3 nitrogen and oxygen atoms in total. The summed E-state index contributed by atoms with van der Waals surface area (Å²) in [5.41, 5.74) is 2.10. The summed E-state index contributed by atoms with van der Waals surface area (Å²) >= 11 is 5.98. The van der Waals surface area contributed by atoms with E-state index in [2.05, 4.69) is 4.98 Å². The van der Waals surface area contributed by atoms with E-state index in [-0.39, 0.29) is 11.8 Å². The van der Waals surface area contributed by atoms with E-state index < -0.39 is 0 Å². The van der Waals surface area contributed by atoms with Crippen LogP contribution in [0.4, 0.5) is 0 Å². The third-order valence-electron chi connectivity index (χ3n) is 4.15. The number of pyridine rings is 1. The zero-order valence-electron chi connectivity index (χ0n) is 12.4. The molecule has 22 heavy (non-hydrogen) atoms. The minimum Gasteiger partial charge on any atom is -0.342 e. The molecule has 1 atom stereocenters. The van der Waals surface area contributed by atoms with Crippen LogP contribution in [0, 0.1) is 0 Å². The van der Waals surface area contributed by atoms with Gasteiger partial charge in [-0.3, -0.25) is 9.78 Å². The van der Waals surface area contributed by atoms with Gasteiger partial charge in [0, 0.05) is 30.5 Å². The Hall–Kier alpha value is -1.87. The highest BCUT2D eigenvalue weighted by Crippen LogP contribution is 2.26. The molecule has 0 aliphatic carbocycles. The van der Waals surface area contributed by atoms with Gasteiger partial charge in [0.2, 0.25) is 5.91 Å². The van der Waals surface area contributed by atoms with Crippen molar-refractivity contribution in [2.75, 3.05) is 13.1 Å². The van der Waals surface area contributed by atoms with E-state index in [1.807, 2.05) is 47.5 Å². The predicted octanol–water partition coefficient (Wildman–Crippen LogP) is 3.68. The summed E-state index contributed by atoms with van der Waals surface area (Å²) in [6.07, 6.45) is 6.46. The van der Waals surface area contributed by atoms with Gasteiger partial charge >= 0.3 is 0 Å². The Morgan fingerprint density at radius 3 is 2.55 bits per heavy atom. The van der Waals surface area contributed by atoms with Crippen LogP contribution in [-0.2, 0) is 11.2 Å². The van der Waals surface area contributed by atoms with Crippen LogP contribution in [0.15, 0.2) is 48.8 Å². The molecule has 1 aromatic heterocycles. The zero-order chi connectivity index (χ0) is 15.4. The monoisotopic (exact) mass is 314 g/mol. The Labute approximate surface area is 135 Å². The Morgan fingerprint density at radius 2 is 1.91 bits per heavy atom. The lowest BCUT2D eigenvalue weighted by atomic mass is 9.91. The molecule has 1 aromatic carbocycles. The summed E-state index contributed by atoms with van der Waals surface area (Å²) in [6.45, 7) is 1.74. The third kappa shape index (κ3) is 3.47. The van der Waals surface area contributed by atoms with Crippen LogP contribution in [0.1, 0.15) is 29.9 Å². The maximum atomic E-state index is 12.9.